The first-order valence-corrected chi connectivity index (χ1v) is 12.5. The van der Waals surface area contributed by atoms with Crippen LogP contribution in [-0.2, 0) is 28.1 Å². The Kier molecular flexibility index (Phi) is 6.66. The van der Waals surface area contributed by atoms with Crippen molar-refractivity contribution < 1.29 is 18.1 Å². The number of hydrogen-bond acceptors (Lipinski definition) is 5. The van der Waals surface area contributed by atoms with Crippen molar-refractivity contribution in [3.8, 4) is 16.9 Å². The molecule has 0 aliphatic carbocycles. The highest BCUT2D eigenvalue weighted by Crippen LogP contribution is 2.36. The van der Waals surface area contributed by atoms with Crippen molar-refractivity contribution in [2.45, 2.75) is 31.1 Å². The Bertz CT molecular complexity index is 1300. The number of nitrogens with zero attached hydrogens (tertiary/aromatic N) is 3. The Morgan fingerprint density at radius 3 is 2.56 bits per heavy atom. The minimum absolute atomic E-state index is 0.135. The van der Waals surface area contributed by atoms with Crippen molar-refractivity contribution in [1.29, 1.82) is 4.78 Å². The van der Waals surface area contributed by atoms with E-state index in [1.54, 1.807) is 48.3 Å². The van der Waals surface area contributed by atoms with Crippen LogP contribution in [0.2, 0.25) is 0 Å². The lowest BCUT2D eigenvalue weighted by Gasteiger charge is -2.19. The Balaban J connectivity index is 2.24. The van der Waals surface area contributed by atoms with Crippen molar-refractivity contribution in [3.63, 3.8) is 0 Å². The molecule has 1 amide bonds. The van der Waals surface area contributed by atoms with Crippen molar-refractivity contribution in [2.24, 2.45) is 7.05 Å². The van der Waals surface area contributed by atoms with Gasteiger partial charge in [-0.05, 0) is 35.4 Å². The molecule has 0 bridgehead atoms. The van der Waals surface area contributed by atoms with Gasteiger partial charge in [-0.3, -0.25) is 7.91 Å². The maximum Gasteiger partial charge on any atom is 0.254 e. The highest BCUT2D eigenvalue weighted by atomic mass is 127. The van der Waals surface area contributed by atoms with E-state index in [1.165, 1.54) is 29.3 Å². The first kappa shape index (κ1) is 24.2. The van der Waals surface area contributed by atoms with Crippen molar-refractivity contribution in [3.05, 3.63) is 54.9 Å². The standard InChI is InChI=1S/C22H24FIN4O3S/c1-6-18(29)28(24)12-15-11-17(14-7-9-16(10-8-14)31-22(2,3)23)19-20(27(4)13-26-19)21(15)32(5,25)30/h6-11,13,25H,1,12H2,2-5H3. The predicted octanol–water partition coefficient (Wildman–Crippen LogP) is 5.22. The van der Waals surface area contributed by atoms with Gasteiger partial charge in [-0.25, -0.2) is 14.0 Å². The molecule has 0 fully saturated rings. The molecule has 1 N–H and O–H groups in total. The number of halogens is 2. The Hall–Kier alpha value is -2.47. The number of alkyl halides is 1. The fraction of sp³-hybridized carbons (Fsp3) is 0.273. The van der Waals surface area contributed by atoms with Crippen LogP contribution in [0.1, 0.15) is 19.4 Å². The maximum atomic E-state index is 13.8. The molecule has 32 heavy (non-hydrogen) atoms. The molecule has 0 saturated carbocycles. The van der Waals surface area contributed by atoms with Gasteiger partial charge in [0.15, 0.2) is 0 Å². The third-order valence-electron chi connectivity index (χ3n) is 4.66. The highest BCUT2D eigenvalue weighted by molar-refractivity contribution is 14.1. The number of carbonyl (C=O) groups excluding carboxylic acids is 1. The number of aryl methyl sites for hydroxylation is 1. The van der Waals surface area contributed by atoms with Crippen LogP contribution in [0.3, 0.4) is 0 Å². The van der Waals surface area contributed by atoms with Crippen LogP contribution in [0, 0.1) is 4.78 Å². The number of carbonyl (C=O) groups is 1. The molecule has 1 heterocycles. The molecule has 1 atom stereocenters. The summed E-state index contributed by atoms with van der Waals surface area (Å²) in [6.45, 7) is 6.29. The summed E-state index contributed by atoms with van der Waals surface area (Å²) in [5.74, 6) is -1.72. The molecule has 0 radical (unpaired) electrons. The number of hydrogen-bond donors (Lipinski definition) is 1. The summed E-state index contributed by atoms with van der Waals surface area (Å²) >= 11 is 1.87. The average molecular weight is 570 g/mol. The summed E-state index contributed by atoms with van der Waals surface area (Å²) in [7, 11) is -1.37. The third-order valence-corrected chi connectivity index (χ3v) is 6.71. The molecule has 0 aliphatic rings. The zero-order valence-electron chi connectivity index (χ0n) is 18.2. The van der Waals surface area contributed by atoms with Gasteiger partial charge < -0.3 is 9.30 Å². The number of fused-ring (bicyclic) bond motifs is 1. The zero-order valence-corrected chi connectivity index (χ0v) is 21.2. The number of ether oxygens (including phenoxy) is 1. The largest absolute Gasteiger partial charge is 0.459 e. The van der Waals surface area contributed by atoms with Crippen LogP contribution in [-0.4, -0.2) is 34.9 Å². The second-order valence-electron chi connectivity index (χ2n) is 7.86. The van der Waals surface area contributed by atoms with Crippen LogP contribution in [0.5, 0.6) is 5.75 Å². The first-order valence-electron chi connectivity index (χ1n) is 9.60. The van der Waals surface area contributed by atoms with E-state index in [9.17, 15) is 13.4 Å². The Morgan fingerprint density at radius 2 is 2.03 bits per heavy atom. The van der Waals surface area contributed by atoms with Crippen molar-refractivity contribution >= 4 is 49.5 Å². The molecule has 1 aromatic heterocycles. The fourth-order valence-electron chi connectivity index (χ4n) is 3.44. The van der Waals surface area contributed by atoms with Gasteiger partial charge in [-0.2, -0.15) is 4.39 Å². The van der Waals surface area contributed by atoms with Gasteiger partial charge in [0.1, 0.15) is 5.75 Å². The predicted molar refractivity (Wildman–Crippen MR) is 132 cm³/mol. The quantitative estimate of drug-likeness (QED) is 0.240. The molecule has 2 aromatic carbocycles. The molecular formula is C22H24FIN4O3S. The average Bonchev–Trinajstić information content (AvgIpc) is 3.06. The maximum absolute atomic E-state index is 13.8. The van der Waals surface area contributed by atoms with Crippen LogP contribution in [0.15, 0.2) is 54.2 Å². The zero-order chi connectivity index (χ0) is 23.8. The van der Waals surface area contributed by atoms with Crippen LogP contribution in [0.25, 0.3) is 22.2 Å². The van der Waals surface area contributed by atoms with Crippen molar-refractivity contribution in [1.82, 2.24) is 12.7 Å². The van der Waals surface area contributed by atoms with Gasteiger partial charge in [0.2, 0.25) is 5.85 Å². The molecule has 170 valence electrons. The molecule has 0 aliphatic heterocycles. The number of rotatable bonds is 7. The summed E-state index contributed by atoms with van der Waals surface area (Å²) in [6, 6.07) is 8.71. The molecule has 0 saturated heterocycles. The summed E-state index contributed by atoms with van der Waals surface area (Å²) < 4.78 is 43.5. The van der Waals surface area contributed by atoms with Gasteiger partial charge >= 0.3 is 0 Å². The van der Waals surface area contributed by atoms with E-state index >= 15 is 0 Å². The second-order valence-corrected chi connectivity index (χ2v) is 11.1. The van der Waals surface area contributed by atoms with Crippen LogP contribution in [0.4, 0.5) is 4.39 Å². The number of benzene rings is 2. The van der Waals surface area contributed by atoms with E-state index in [2.05, 4.69) is 11.6 Å². The van der Waals surface area contributed by atoms with Gasteiger partial charge in [0.05, 0.1) is 61.4 Å². The lowest BCUT2D eigenvalue weighted by molar-refractivity contribution is -0.120. The van der Waals surface area contributed by atoms with Gasteiger partial charge in [-0.15, -0.1) is 0 Å². The number of amides is 1. The number of aromatic nitrogens is 2. The van der Waals surface area contributed by atoms with E-state index in [0.29, 0.717) is 27.2 Å². The minimum atomic E-state index is -3.15. The lowest BCUT2D eigenvalue weighted by Crippen LogP contribution is -2.20. The van der Waals surface area contributed by atoms with E-state index in [4.69, 9.17) is 9.52 Å². The fourth-order valence-corrected chi connectivity index (χ4v) is 5.23. The second kappa shape index (κ2) is 8.81. The van der Waals surface area contributed by atoms with E-state index in [-0.39, 0.29) is 12.5 Å². The molecule has 3 aromatic rings. The molecule has 10 heteroatoms. The summed E-state index contributed by atoms with van der Waals surface area (Å²) in [5, 5.41) is 0. The van der Waals surface area contributed by atoms with Gasteiger partial charge in [0.25, 0.3) is 5.91 Å². The topological polar surface area (TPSA) is 88.3 Å². The van der Waals surface area contributed by atoms with Crippen molar-refractivity contribution in [2.75, 3.05) is 6.26 Å². The normalized spacial score (nSPS) is 13.6. The third kappa shape index (κ3) is 5.12. The van der Waals surface area contributed by atoms with E-state index < -0.39 is 15.6 Å². The summed E-state index contributed by atoms with van der Waals surface area (Å²) in [4.78, 5) is 16.9. The highest BCUT2D eigenvalue weighted by Gasteiger charge is 2.24. The van der Waals surface area contributed by atoms with Gasteiger partial charge in [0, 0.05) is 32.7 Å². The lowest BCUT2D eigenvalue weighted by atomic mass is 10.0. The molecule has 7 nitrogen and oxygen atoms in total. The van der Waals surface area contributed by atoms with E-state index in [0.717, 1.165) is 11.1 Å². The molecule has 1 unspecified atom stereocenters. The van der Waals surface area contributed by atoms with Gasteiger partial charge in [-0.1, -0.05) is 18.7 Å². The van der Waals surface area contributed by atoms with Crippen LogP contribution < -0.4 is 4.74 Å². The molecular weight excluding hydrogens is 546 g/mol. The number of nitrogens with one attached hydrogen (secondary N) is 1. The Morgan fingerprint density at radius 1 is 1.41 bits per heavy atom. The molecule has 3 rings (SSSR count). The summed E-state index contributed by atoms with van der Waals surface area (Å²) in [5.41, 5.74) is 3.26. The number of imidazole rings is 1. The monoisotopic (exact) mass is 570 g/mol. The molecule has 0 spiro atoms. The SMILES string of the molecule is C=CC(=O)N(I)Cc1cc(-c2ccc(OC(C)(C)F)cc2)c2ncn(C)c2c1S(C)(=N)=O. The smallest absolute Gasteiger partial charge is 0.254 e. The van der Waals surface area contributed by atoms with Crippen LogP contribution >= 0.6 is 22.9 Å². The summed E-state index contributed by atoms with van der Waals surface area (Å²) in [6.07, 6.45) is 4.16. The van der Waals surface area contributed by atoms with E-state index in [1.807, 2.05) is 22.9 Å². The first-order chi connectivity index (χ1) is 14.8. The Labute approximate surface area is 200 Å². The minimum Gasteiger partial charge on any atom is -0.459 e.